The molecule has 2 aliphatic heterocycles. The molecule has 176 valence electrons. The normalized spacial score (nSPS) is 23.1. The van der Waals surface area contributed by atoms with Gasteiger partial charge in [-0.3, -0.25) is 4.79 Å². The number of sulfone groups is 1. The molecule has 1 aromatic rings. The van der Waals surface area contributed by atoms with E-state index >= 15 is 0 Å². The number of carbonyl (C=O) groups excluding carboxylic acids is 2. The minimum absolute atomic E-state index is 0.00799. The van der Waals surface area contributed by atoms with Crippen LogP contribution < -0.4 is 15.0 Å². The standard InChI is InChI=1S/C21H29N3O6S2/c1-5-29-15-8-6-14(7-9-15)24-16-12-32(27,28)13-17(16)31-19(24)23-18(25)10-11-22-20(26)30-21(2,3)4/h6-9,16-17H,5,10-13H2,1-4H3,(H,22,26)/t16-,17+/m0/s1. The molecule has 3 rings (SSSR count). The topological polar surface area (TPSA) is 114 Å². The van der Waals surface area contributed by atoms with Gasteiger partial charge in [0.25, 0.3) is 0 Å². The Balaban J connectivity index is 1.71. The fourth-order valence-corrected chi connectivity index (χ4v) is 7.42. The van der Waals surface area contributed by atoms with E-state index in [1.54, 1.807) is 20.8 Å². The van der Waals surface area contributed by atoms with Gasteiger partial charge >= 0.3 is 6.09 Å². The molecule has 0 unspecified atom stereocenters. The summed E-state index contributed by atoms with van der Waals surface area (Å²) in [7, 11) is -3.14. The lowest BCUT2D eigenvalue weighted by Gasteiger charge is -2.24. The first-order valence-electron chi connectivity index (χ1n) is 10.4. The summed E-state index contributed by atoms with van der Waals surface area (Å²) in [5, 5.41) is 2.83. The Kier molecular flexibility index (Phi) is 7.39. The maximum atomic E-state index is 12.5. The number of amidine groups is 1. The van der Waals surface area contributed by atoms with Crippen LogP contribution in [0.5, 0.6) is 5.75 Å². The minimum Gasteiger partial charge on any atom is -0.494 e. The highest BCUT2D eigenvalue weighted by molar-refractivity contribution is 8.16. The Morgan fingerprint density at radius 1 is 1.22 bits per heavy atom. The van der Waals surface area contributed by atoms with Crippen LogP contribution >= 0.6 is 11.8 Å². The van der Waals surface area contributed by atoms with E-state index in [2.05, 4.69) is 10.3 Å². The van der Waals surface area contributed by atoms with Gasteiger partial charge in [-0.05, 0) is 52.0 Å². The zero-order valence-corrected chi connectivity index (χ0v) is 20.3. The summed E-state index contributed by atoms with van der Waals surface area (Å²) in [4.78, 5) is 30.3. The van der Waals surface area contributed by atoms with E-state index in [9.17, 15) is 18.0 Å². The van der Waals surface area contributed by atoms with E-state index in [0.29, 0.717) is 17.5 Å². The van der Waals surface area contributed by atoms with Crippen LogP contribution in [-0.2, 0) is 19.4 Å². The van der Waals surface area contributed by atoms with Crippen molar-refractivity contribution in [3.63, 3.8) is 0 Å². The van der Waals surface area contributed by atoms with E-state index < -0.39 is 27.4 Å². The lowest BCUT2D eigenvalue weighted by molar-refractivity contribution is -0.117. The molecule has 1 aromatic carbocycles. The van der Waals surface area contributed by atoms with Gasteiger partial charge in [0.1, 0.15) is 11.4 Å². The number of hydrogen-bond acceptors (Lipinski definition) is 7. The van der Waals surface area contributed by atoms with Crippen molar-refractivity contribution in [2.75, 3.05) is 29.6 Å². The zero-order valence-electron chi connectivity index (χ0n) is 18.7. The first kappa shape index (κ1) is 24.4. The number of alkyl carbamates (subject to hydrolysis) is 1. The quantitative estimate of drug-likeness (QED) is 0.657. The predicted molar refractivity (Wildman–Crippen MR) is 125 cm³/mol. The van der Waals surface area contributed by atoms with Crippen molar-refractivity contribution in [3.8, 4) is 5.75 Å². The summed E-state index contributed by atoms with van der Waals surface area (Å²) in [6.07, 6.45) is -0.586. The van der Waals surface area contributed by atoms with E-state index in [-0.39, 0.29) is 35.8 Å². The number of anilines is 1. The highest BCUT2D eigenvalue weighted by Crippen LogP contribution is 2.41. The third kappa shape index (κ3) is 6.38. The van der Waals surface area contributed by atoms with Crippen molar-refractivity contribution in [2.24, 2.45) is 4.99 Å². The summed E-state index contributed by atoms with van der Waals surface area (Å²) in [6.45, 7) is 7.81. The number of fused-ring (bicyclic) bond motifs is 1. The van der Waals surface area contributed by atoms with Crippen LogP contribution in [0.1, 0.15) is 34.1 Å². The van der Waals surface area contributed by atoms with E-state index in [4.69, 9.17) is 9.47 Å². The Bertz CT molecular complexity index is 986. The van der Waals surface area contributed by atoms with Crippen molar-refractivity contribution in [1.82, 2.24) is 5.32 Å². The molecular formula is C21H29N3O6S2. The van der Waals surface area contributed by atoms with Gasteiger partial charge < -0.3 is 19.7 Å². The average molecular weight is 484 g/mol. The van der Waals surface area contributed by atoms with Gasteiger partial charge in [-0.15, -0.1) is 0 Å². The van der Waals surface area contributed by atoms with Crippen LogP contribution in [0, 0.1) is 0 Å². The molecule has 0 saturated carbocycles. The number of carbonyl (C=O) groups is 2. The summed E-state index contributed by atoms with van der Waals surface area (Å²) < 4.78 is 35.0. The first-order valence-corrected chi connectivity index (χ1v) is 13.1. The third-order valence-corrected chi connectivity index (χ3v) is 7.93. The second-order valence-corrected chi connectivity index (χ2v) is 11.9. The number of nitrogens with one attached hydrogen (secondary N) is 1. The number of nitrogens with zero attached hydrogens (tertiary/aromatic N) is 2. The molecule has 0 radical (unpaired) electrons. The SMILES string of the molecule is CCOc1ccc(N2C(=NC(=O)CCNC(=O)OC(C)(C)C)S[C@@H]3CS(=O)(=O)C[C@@H]32)cc1. The van der Waals surface area contributed by atoms with Crippen LogP contribution in [0.4, 0.5) is 10.5 Å². The molecular weight excluding hydrogens is 454 g/mol. The van der Waals surface area contributed by atoms with E-state index in [0.717, 1.165) is 5.69 Å². The van der Waals surface area contributed by atoms with Crippen LogP contribution in [0.3, 0.4) is 0 Å². The Hall–Kier alpha value is -2.27. The van der Waals surface area contributed by atoms with Gasteiger partial charge in [0.2, 0.25) is 5.91 Å². The summed E-state index contributed by atoms with van der Waals surface area (Å²) in [6, 6.07) is 7.01. The van der Waals surface area contributed by atoms with Gasteiger partial charge in [-0.1, -0.05) is 11.8 Å². The van der Waals surface area contributed by atoms with Crippen molar-refractivity contribution >= 4 is 44.5 Å². The van der Waals surface area contributed by atoms with Crippen molar-refractivity contribution in [1.29, 1.82) is 0 Å². The smallest absolute Gasteiger partial charge is 0.407 e. The molecule has 2 saturated heterocycles. The molecule has 32 heavy (non-hydrogen) atoms. The molecule has 2 heterocycles. The summed E-state index contributed by atoms with van der Waals surface area (Å²) in [5.74, 6) is 0.387. The predicted octanol–water partition coefficient (Wildman–Crippen LogP) is 2.60. The number of aliphatic imine (C=N–C) groups is 1. The first-order chi connectivity index (χ1) is 15.0. The number of rotatable bonds is 6. The number of hydrogen-bond donors (Lipinski definition) is 1. The van der Waals surface area contributed by atoms with Gasteiger partial charge in [0.15, 0.2) is 15.0 Å². The Morgan fingerprint density at radius 2 is 1.91 bits per heavy atom. The maximum Gasteiger partial charge on any atom is 0.407 e. The summed E-state index contributed by atoms with van der Waals surface area (Å²) in [5.41, 5.74) is 0.134. The molecule has 2 fully saturated rings. The second-order valence-electron chi connectivity index (χ2n) is 8.56. The van der Waals surface area contributed by atoms with Crippen LogP contribution in [0.15, 0.2) is 29.3 Å². The third-order valence-electron chi connectivity index (χ3n) is 4.72. The number of amides is 2. The monoisotopic (exact) mass is 483 g/mol. The second kappa shape index (κ2) is 9.70. The molecule has 0 aliphatic carbocycles. The molecule has 2 atom stereocenters. The number of thioether (sulfide) groups is 1. The molecule has 1 N–H and O–H groups in total. The van der Waals surface area contributed by atoms with Gasteiger partial charge in [0.05, 0.1) is 24.2 Å². The minimum atomic E-state index is -3.14. The van der Waals surface area contributed by atoms with Crippen molar-refractivity contribution < 1.29 is 27.5 Å². The lowest BCUT2D eigenvalue weighted by atomic mass is 10.2. The highest BCUT2D eigenvalue weighted by atomic mass is 32.2. The van der Waals surface area contributed by atoms with Gasteiger partial charge in [-0.25, -0.2) is 13.2 Å². The summed E-state index contributed by atoms with van der Waals surface area (Å²) >= 11 is 1.31. The number of benzene rings is 1. The zero-order chi connectivity index (χ0) is 23.5. The molecule has 0 bridgehead atoms. The fraction of sp³-hybridized carbons (Fsp3) is 0.571. The van der Waals surface area contributed by atoms with E-state index in [1.807, 2.05) is 36.1 Å². The van der Waals surface area contributed by atoms with Crippen LogP contribution in [0.2, 0.25) is 0 Å². The molecule has 11 heteroatoms. The molecule has 2 aliphatic rings. The van der Waals surface area contributed by atoms with Crippen molar-refractivity contribution in [3.05, 3.63) is 24.3 Å². The van der Waals surface area contributed by atoms with Crippen LogP contribution in [0.25, 0.3) is 0 Å². The molecule has 2 amide bonds. The fourth-order valence-electron chi connectivity index (χ4n) is 3.48. The van der Waals surface area contributed by atoms with Gasteiger partial charge in [0, 0.05) is 23.9 Å². The average Bonchev–Trinajstić information content (AvgIpc) is 3.12. The lowest BCUT2D eigenvalue weighted by Crippen LogP contribution is -2.37. The Morgan fingerprint density at radius 3 is 2.53 bits per heavy atom. The molecule has 0 aromatic heterocycles. The van der Waals surface area contributed by atoms with Gasteiger partial charge in [-0.2, -0.15) is 4.99 Å². The van der Waals surface area contributed by atoms with Crippen LogP contribution in [-0.4, -0.2) is 67.1 Å². The highest BCUT2D eigenvalue weighted by Gasteiger charge is 2.49. The van der Waals surface area contributed by atoms with E-state index in [1.165, 1.54) is 11.8 Å². The Labute approximate surface area is 192 Å². The maximum absolute atomic E-state index is 12.5. The molecule has 0 spiro atoms. The molecule has 9 nitrogen and oxygen atoms in total. The van der Waals surface area contributed by atoms with Crippen molar-refractivity contribution in [2.45, 2.75) is 51.0 Å². The largest absolute Gasteiger partial charge is 0.494 e. The number of ether oxygens (including phenoxy) is 2.